The van der Waals surface area contributed by atoms with E-state index >= 15 is 0 Å². The Morgan fingerprint density at radius 1 is 1.12 bits per heavy atom. The predicted molar refractivity (Wildman–Crippen MR) is 101 cm³/mol. The van der Waals surface area contributed by atoms with Crippen molar-refractivity contribution in [3.63, 3.8) is 0 Å². The Hall–Kier alpha value is -3.21. The van der Waals surface area contributed by atoms with Gasteiger partial charge in [-0.15, -0.1) is 0 Å². The van der Waals surface area contributed by atoms with Crippen LogP contribution in [0.2, 0.25) is 0 Å². The quantitative estimate of drug-likeness (QED) is 0.741. The highest BCUT2D eigenvalue weighted by Crippen LogP contribution is 2.29. The molecule has 5 nitrogen and oxygen atoms in total. The van der Waals surface area contributed by atoms with Gasteiger partial charge in [0.15, 0.2) is 11.5 Å². The second-order valence-electron chi connectivity index (χ2n) is 5.94. The van der Waals surface area contributed by atoms with Crippen LogP contribution in [0.15, 0.2) is 51.8 Å². The summed E-state index contributed by atoms with van der Waals surface area (Å²) in [6, 6.07) is 13.7. The Bertz CT molecular complexity index is 1010. The van der Waals surface area contributed by atoms with Gasteiger partial charge in [0.25, 0.3) is 0 Å². The van der Waals surface area contributed by atoms with E-state index in [0.29, 0.717) is 35.3 Å². The molecule has 3 aromatic rings. The molecule has 0 fully saturated rings. The van der Waals surface area contributed by atoms with Gasteiger partial charge in [0.05, 0.1) is 17.2 Å². The average molecular weight is 351 g/mol. The maximum Gasteiger partial charge on any atom is 0.365 e. The molecule has 0 saturated carbocycles. The van der Waals surface area contributed by atoms with Gasteiger partial charge < -0.3 is 14.0 Å². The van der Waals surface area contributed by atoms with Gasteiger partial charge in [0, 0.05) is 0 Å². The van der Waals surface area contributed by atoms with Crippen LogP contribution in [0.5, 0.6) is 11.5 Å². The highest BCUT2D eigenvalue weighted by molar-refractivity contribution is 5.55. The molecular weight excluding hydrogens is 330 g/mol. The Morgan fingerprint density at radius 3 is 2.54 bits per heavy atom. The Labute approximate surface area is 151 Å². The highest BCUT2D eigenvalue weighted by Gasteiger charge is 2.07. The van der Waals surface area contributed by atoms with Gasteiger partial charge in [-0.2, -0.15) is 0 Å². The number of hydrogen-bond acceptors (Lipinski definition) is 4. The summed E-state index contributed by atoms with van der Waals surface area (Å²) in [5.74, 6) is 1.28. The number of rotatable bonds is 6. The normalized spacial score (nSPS) is 11.5. The first-order valence-corrected chi connectivity index (χ1v) is 8.40. The summed E-state index contributed by atoms with van der Waals surface area (Å²) in [5.41, 5.74) is 2.64. The van der Waals surface area contributed by atoms with Crippen molar-refractivity contribution >= 4 is 12.7 Å². The molecule has 0 spiro atoms. The second kappa shape index (κ2) is 7.78. The zero-order valence-electron chi connectivity index (χ0n) is 14.9. The lowest BCUT2D eigenvalue weighted by molar-refractivity contribution is 0.269. The molecule has 0 radical (unpaired) electrons. The van der Waals surface area contributed by atoms with Crippen LogP contribution in [0.1, 0.15) is 23.6 Å². The molecule has 0 atom stereocenters. The zero-order chi connectivity index (χ0) is 18.5. The van der Waals surface area contributed by atoms with E-state index < -0.39 is 5.63 Å². The number of aromatic nitrogens is 1. The van der Waals surface area contributed by atoms with Crippen molar-refractivity contribution < 1.29 is 14.0 Å². The molecule has 2 aromatic carbocycles. The average Bonchev–Trinajstić information content (AvgIpc) is 2.95. The molecular formula is C21H21NO4. The fourth-order valence-electron chi connectivity index (χ4n) is 2.50. The van der Waals surface area contributed by atoms with Crippen molar-refractivity contribution in [1.29, 1.82) is 0 Å². The van der Waals surface area contributed by atoms with E-state index in [1.54, 1.807) is 6.08 Å². The van der Waals surface area contributed by atoms with E-state index in [4.69, 9.17) is 14.0 Å². The minimum atomic E-state index is -0.451. The molecule has 0 unspecified atom stereocenters. The SMILES string of the molecule is C=c1[nH]oc(=O)/c1=C/c1ccc(OCc2ccc(C)cc2)c(OCC)c1. The van der Waals surface area contributed by atoms with Crippen molar-refractivity contribution in [2.45, 2.75) is 20.5 Å². The van der Waals surface area contributed by atoms with E-state index in [-0.39, 0.29) is 0 Å². The minimum absolute atomic E-state index is 0.390. The van der Waals surface area contributed by atoms with Gasteiger partial charge in [-0.3, -0.25) is 0 Å². The smallest absolute Gasteiger partial charge is 0.365 e. The molecule has 1 aromatic heterocycles. The topological polar surface area (TPSA) is 64.5 Å². The lowest BCUT2D eigenvalue weighted by Gasteiger charge is -2.13. The van der Waals surface area contributed by atoms with Crippen molar-refractivity contribution in [3.05, 3.63) is 80.1 Å². The summed E-state index contributed by atoms with van der Waals surface area (Å²) < 4.78 is 16.3. The highest BCUT2D eigenvalue weighted by atomic mass is 16.5. The van der Waals surface area contributed by atoms with Crippen LogP contribution in [0.4, 0.5) is 0 Å². The zero-order valence-corrected chi connectivity index (χ0v) is 14.9. The molecule has 1 heterocycles. The van der Waals surface area contributed by atoms with Crippen molar-refractivity contribution in [1.82, 2.24) is 5.16 Å². The molecule has 0 aliphatic heterocycles. The van der Waals surface area contributed by atoms with Crippen molar-refractivity contribution in [3.8, 4) is 11.5 Å². The van der Waals surface area contributed by atoms with Gasteiger partial charge >= 0.3 is 5.63 Å². The molecule has 0 aliphatic carbocycles. The van der Waals surface area contributed by atoms with Crippen LogP contribution >= 0.6 is 0 Å². The largest absolute Gasteiger partial charge is 0.490 e. The van der Waals surface area contributed by atoms with Gasteiger partial charge in [-0.05, 0) is 43.2 Å². The van der Waals surface area contributed by atoms with Crippen LogP contribution in [-0.2, 0) is 6.61 Å². The summed E-state index contributed by atoms with van der Waals surface area (Å²) in [4.78, 5) is 11.7. The number of aromatic amines is 1. The first-order chi connectivity index (χ1) is 12.6. The lowest BCUT2D eigenvalue weighted by atomic mass is 10.1. The van der Waals surface area contributed by atoms with E-state index in [9.17, 15) is 4.79 Å². The number of hydrogen-bond donors (Lipinski definition) is 1. The van der Waals surface area contributed by atoms with E-state index in [0.717, 1.165) is 11.1 Å². The molecule has 0 amide bonds. The maximum atomic E-state index is 11.7. The monoisotopic (exact) mass is 351 g/mol. The summed E-state index contributed by atoms with van der Waals surface area (Å²) >= 11 is 0. The van der Waals surface area contributed by atoms with Gasteiger partial charge in [-0.25, -0.2) is 9.95 Å². The third-order valence-corrected chi connectivity index (χ3v) is 3.91. The van der Waals surface area contributed by atoms with E-state index in [2.05, 4.69) is 30.8 Å². The lowest BCUT2D eigenvalue weighted by Crippen LogP contribution is -2.31. The molecule has 1 N–H and O–H groups in total. The molecule has 26 heavy (non-hydrogen) atoms. The number of aryl methyl sites for hydroxylation is 1. The van der Waals surface area contributed by atoms with Crippen molar-refractivity contribution in [2.75, 3.05) is 6.61 Å². The summed E-state index contributed by atoms with van der Waals surface area (Å²) in [6.45, 7) is 8.67. The molecule has 0 bridgehead atoms. The summed E-state index contributed by atoms with van der Waals surface area (Å²) in [7, 11) is 0. The standard InChI is InChI=1S/C21H21NO4/c1-4-24-20-12-17(11-18-15(3)22-26-21(18)23)9-10-19(20)25-13-16-7-5-14(2)6-8-16/h5-12,22H,3-4,13H2,1-2H3/b18-11+. The number of ether oxygens (including phenoxy) is 2. The Morgan fingerprint density at radius 2 is 1.88 bits per heavy atom. The van der Waals surface area contributed by atoms with Gasteiger partial charge in [-0.1, -0.05) is 42.5 Å². The molecule has 134 valence electrons. The Balaban J connectivity index is 1.87. The second-order valence-corrected chi connectivity index (χ2v) is 5.94. The number of benzene rings is 2. The van der Waals surface area contributed by atoms with Crippen LogP contribution in [0.25, 0.3) is 12.7 Å². The van der Waals surface area contributed by atoms with Crippen LogP contribution in [0.3, 0.4) is 0 Å². The van der Waals surface area contributed by atoms with Crippen molar-refractivity contribution in [2.24, 2.45) is 0 Å². The summed E-state index contributed by atoms with van der Waals surface area (Å²) in [5, 5.41) is 3.29. The van der Waals surface area contributed by atoms with Crippen LogP contribution in [0, 0.1) is 6.92 Å². The molecule has 0 saturated heterocycles. The summed E-state index contributed by atoms with van der Waals surface area (Å²) in [6.07, 6.45) is 1.71. The first kappa shape index (κ1) is 17.6. The van der Waals surface area contributed by atoms with Crippen LogP contribution in [-0.4, -0.2) is 11.8 Å². The molecule has 0 aliphatic rings. The minimum Gasteiger partial charge on any atom is -0.490 e. The van der Waals surface area contributed by atoms with Gasteiger partial charge in [0.2, 0.25) is 0 Å². The fourth-order valence-corrected chi connectivity index (χ4v) is 2.50. The molecule has 3 rings (SSSR count). The van der Waals surface area contributed by atoms with Gasteiger partial charge in [0.1, 0.15) is 6.61 Å². The fraction of sp³-hybridized carbons (Fsp3) is 0.190. The number of H-pyrrole nitrogens is 1. The number of nitrogens with one attached hydrogen (secondary N) is 1. The first-order valence-electron chi connectivity index (χ1n) is 8.40. The molecule has 5 heteroatoms. The maximum absolute atomic E-state index is 11.7. The Kier molecular flexibility index (Phi) is 5.27. The third-order valence-electron chi connectivity index (χ3n) is 3.91. The van der Waals surface area contributed by atoms with E-state index in [1.165, 1.54) is 5.56 Å². The third kappa shape index (κ3) is 4.06. The van der Waals surface area contributed by atoms with Crippen LogP contribution < -0.4 is 25.7 Å². The van der Waals surface area contributed by atoms with E-state index in [1.807, 2.05) is 37.3 Å². The predicted octanol–water partition coefficient (Wildman–Crippen LogP) is 2.49.